The van der Waals surface area contributed by atoms with E-state index in [9.17, 15) is 9.90 Å². The van der Waals surface area contributed by atoms with Crippen LogP contribution in [-0.2, 0) is 15.1 Å². The second kappa shape index (κ2) is 5.36. The van der Waals surface area contributed by atoms with Gasteiger partial charge in [0.15, 0.2) is 0 Å². The third kappa shape index (κ3) is 2.44. The Labute approximate surface area is 130 Å². The van der Waals surface area contributed by atoms with Gasteiger partial charge in [0.25, 0.3) is 0 Å². The van der Waals surface area contributed by atoms with E-state index in [1.54, 1.807) is 6.07 Å². The molecule has 1 aliphatic carbocycles. The number of rotatable bonds is 3. The predicted octanol–water partition coefficient (Wildman–Crippen LogP) is 2.92. The fourth-order valence-corrected chi connectivity index (χ4v) is 4.18. The van der Waals surface area contributed by atoms with Crippen molar-refractivity contribution in [2.45, 2.75) is 62.8 Å². The van der Waals surface area contributed by atoms with Gasteiger partial charge in [0.2, 0.25) is 0 Å². The van der Waals surface area contributed by atoms with Crippen molar-refractivity contribution in [1.82, 2.24) is 0 Å². The molecule has 4 rings (SSSR count). The maximum Gasteiger partial charge on any atom is 0.317 e. The number of carbonyl (C=O) groups is 1. The van der Waals surface area contributed by atoms with E-state index in [-0.39, 0.29) is 24.1 Å². The van der Waals surface area contributed by atoms with Crippen molar-refractivity contribution in [1.29, 1.82) is 0 Å². The first-order valence-corrected chi connectivity index (χ1v) is 8.34. The van der Waals surface area contributed by atoms with E-state index in [2.05, 4.69) is 0 Å². The summed E-state index contributed by atoms with van der Waals surface area (Å²) in [6, 6.07) is 7.37. The molecule has 1 N–H and O–H groups in total. The normalized spacial score (nSPS) is 32.3. The van der Waals surface area contributed by atoms with Gasteiger partial charge in [0.1, 0.15) is 5.75 Å². The van der Waals surface area contributed by atoms with E-state index in [1.165, 1.54) is 0 Å². The molecular formula is C18H22O4. The second-order valence-electron chi connectivity index (χ2n) is 6.90. The van der Waals surface area contributed by atoms with Gasteiger partial charge >= 0.3 is 5.97 Å². The van der Waals surface area contributed by atoms with Crippen molar-refractivity contribution in [3.8, 4) is 5.75 Å². The summed E-state index contributed by atoms with van der Waals surface area (Å²) in [6.45, 7) is 0. The highest BCUT2D eigenvalue weighted by atomic mass is 16.5. The monoisotopic (exact) mass is 302 g/mol. The van der Waals surface area contributed by atoms with E-state index >= 15 is 0 Å². The summed E-state index contributed by atoms with van der Waals surface area (Å²) in [4.78, 5) is 12.4. The van der Waals surface area contributed by atoms with E-state index in [4.69, 9.17) is 9.47 Å². The lowest BCUT2D eigenvalue weighted by atomic mass is 9.89. The zero-order valence-electron chi connectivity index (χ0n) is 12.7. The number of aliphatic hydroxyl groups is 1. The van der Waals surface area contributed by atoms with Crippen LogP contribution in [0.1, 0.15) is 50.5 Å². The molecule has 2 bridgehead atoms. The molecule has 118 valence electrons. The van der Waals surface area contributed by atoms with Crippen LogP contribution < -0.4 is 4.74 Å². The summed E-state index contributed by atoms with van der Waals surface area (Å²) in [5.41, 5.74) is 0.109. The smallest absolute Gasteiger partial charge is 0.317 e. The molecule has 2 aliphatic heterocycles. The molecule has 1 saturated carbocycles. The number of benzene rings is 1. The highest BCUT2D eigenvalue weighted by Crippen LogP contribution is 2.41. The second-order valence-corrected chi connectivity index (χ2v) is 6.90. The Morgan fingerprint density at radius 1 is 1.27 bits per heavy atom. The minimum atomic E-state index is -0.752. The summed E-state index contributed by atoms with van der Waals surface area (Å²) in [5.74, 6) is 0.213. The maximum atomic E-state index is 12.4. The highest BCUT2D eigenvalue weighted by Gasteiger charge is 2.45. The van der Waals surface area contributed by atoms with Crippen molar-refractivity contribution in [3.63, 3.8) is 0 Å². The first-order chi connectivity index (χ1) is 10.6. The largest absolute Gasteiger partial charge is 0.426 e. The molecule has 22 heavy (non-hydrogen) atoms. The molecule has 1 aromatic carbocycles. The van der Waals surface area contributed by atoms with Crippen molar-refractivity contribution in [2.75, 3.05) is 0 Å². The molecule has 0 amide bonds. The fourth-order valence-electron chi connectivity index (χ4n) is 4.18. The van der Waals surface area contributed by atoms with Gasteiger partial charge in [0.05, 0.1) is 23.7 Å². The lowest BCUT2D eigenvalue weighted by molar-refractivity contribution is -0.140. The van der Waals surface area contributed by atoms with Crippen LogP contribution in [0.2, 0.25) is 0 Å². The number of carbonyl (C=O) groups excluding carboxylic acids is 1. The molecule has 3 atom stereocenters. The third-order valence-electron chi connectivity index (χ3n) is 5.43. The standard InChI is InChI=1S/C18H22O4/c19-17(15-11-14-6-7-16(15)21-14)22-13-5-3-4-12(10-13)18(20)8-1-2-9-18/h3-5,10,14-16,20H,1-2,6-9,11H2. The minimum Gasteiger partial charge on any atom is -0.426 e. The molecule has 0 spiro atoms. The molecule has 3 unspecified atom stereocenters. The lowest BCUT2D eigenvalue weighted by Crippen LogP contribution is -2.29. The lowest BCUT2D eigenvalue weighted by Gasteiger charge is -2.23. The molecule has 0 radical (unpaired) electrons. The number of fused-ring (bicyclic) bond motifs is 2. The molecule has 4 heteroatoms. The van der Waals surface area contributed by atoms with Crippen molar-refractivity contribution >= 4 is 5.97 Å². The first-order valence-electron chi connectivity index (χ1n) is 8.34. The quantitative estimate of drug-likeness (QED) is 0.689. The predicted molar refractivity (Wildman–Crippen MR) is 80.4 cm³/mol. The molecule has 3 fully saturated rings. The maximum absolute atomic E-state index is 12.4. The summed E-state index contributed by atoms with van der Waals surface area (Å²) in [6.07, 6.45) is 6.75. The molecule has 0 aromatic heterocycles. The van der Waals surface area contributed by atoms with Crippen molar-refractivity contribution < 1.29 is 19.4 Å². The summed E-state index contributed by atoms with van der Waals surface area (Å²) in [5, 5.41) is 10.7. The van der Waals surface area contributed by atoms with Crippen LogP contribution in [0, 0.1) is 5.92 Å². The van der Waals surface area contributed by atoms with Gasteiger partial charge in [-0.15, -0.1) is 0 Å². The van der Waals surface area contributed by atoms with Crippen LogP contribution in [-0.4, -0.2) is 23.3 Å². The van der Waals surface area contributed by atoms with E-state index in [1.807, 2.05) is 18.2 Å². The Bertz CT molecular complexity index is 576. The van der Waals surface area contributed by atoms with E-state index in [0.717, 1.165) is 50.5 Å². The Morgan fingerprint density at radius 3 is 2.77 bits per heavy atom. The van der Waals surface area contributed by atoms with Crippen LogP contribution in [0.3, 0.4) is 0 Å². The summed E-state index contributed by atoms with van der Waals surface area (Å²) in [7, 11) is 0. The van der Waals surface area contributed by atoms with Gasteiger partial charge in [-0.3, -0.25) is 4.79 Å². The van der Waals surface area contributed by atoms with Crippen LogP contribution in [0.15, 0.2) is 24.3 Å². The Morgan fingerprint density at radius 2 is 2.09 bits per heavy atom. The molecule has 4 nitrogen and oxygen atoms in total. The van der Waals surface area contributed by atoms with Gasteiger partial charge < -0.3 is 14.6 Å². The zero-order valence-corrected chi connectivity index (χ0v) is 12.7. The Hall–Kier alpha value is -1.39. The third-order valence-corrected chi connectivity index (χ3v) is 5.43. The number of esters is 1. The average molecular weight is 302 g/mol. The summed E-state index contributed by atoms with van der Waals surface area (Å²) >= 11 is 0. The van der Waals surface area contributed by atoms with Gasteiger partial charge in [-0.25, -0.2) is 0 Å². The van der Waals surface area contributed by atoms with Gasteiger partial charge in [-0.2, -0.15) is 0 Å². The van der Waals surface area contributed by atoms with Gasteiger partial charge in [0, 0.05) is 0 Å². The SMILES string of the molecule is O=C(Oc1cccc(C2(O)CCCC2)c1)C1CC2CCC1O2. The zero-order chi connectivity index (χ0) is 15.2. The minimum absolute atomic E-state index is 0.0414. The van der Waals surface area contributed by atoms with E-state index in [0.29, 0.717) is 5.75 Å². The van der Waals surface area contributed by atoms with Gasteiger partial charge in [-0.1, -0.05) is 25.0 Å². The number of ether oxygens (including phenoxy) is 2. The molecule has 3 aliphatic rings. The summed E-state index contributed by atoms with van der Waals surface area (Å²) < 4.78 is 11.3. The molecule has 1 aromatic rings. The Kier molecular flexibility index (Phi) is 3.46. The molecule has 2 saturated heterocycles. The van der Waals surface area contributed by atoms with Crippen LogP contribution >= 0.6 is 0 Å². The number of hydrogen-bond donors (Lipinski definition) is 1. The molecular weight excluding hydrogens is 280 g/mol. The average Bonchev–Trinajstić information content (AvgIpc) is 3.24. The highest BCUT2D eigenvalue weighted by molar-refractivity contribution is 5.76. The van der Waals surface area contributed by atoms with Crippen molar-refractivity contribution in [3.05, 3.63) is 29.8 Å². The van der Waals surface area contributed by atoms with Gasteiger partial charge in [-0.05, 0) is 49.8 Å². The fraction of sp³-hybridized carbons (Fsp3) is 0.611. The van der Waals surface area contributed by atoms with Crippen LogP contribution in [0.25, 0.3) is 0 Å². The molecule has 2 heterocycles. The van der Waals surface area contributed by atoms with Crippen LogP contribution in [0.5, 0.6) is 5.75 Å². The first kappa shape index (κ1) is 14.2. The number of hydrogen-bond acceptors (Lipinski definition) is 4. The van der Waals surface area contributed by atoms with Crippen molar-refractivity contribution in [2.24, 2.45) is 5.92 Å². The van der Waals surface area contributed by atoms with Crippen LogP contribution in [0.4, 0.5) is 0 Å². The Balaban J connectivity index is 1.48. The van der Waals surface area contributed by atoms with E-state index < -0.39 is 5.60 Å². The topological polar surface area (TPSA) is 55.8 Å².